The monoisotopic (exact) mass is 291 g/mol. The molecular weight excluding hydrogens is 266 g/mol. The van der Waals surface area contributed by atoms with Gasteiger partial charge in [-0.3, -0.25) is 4.79 Å². The van der Waals surface area contributed by atoms with Crippen molar-refractivity contribution in [3.05, 3.63) is 24.3 Å². The van der Waals surface area contributed by atoms with Crippen LogP contribution in [0, 0.1) is 0 Å². The van der Waals surface area contributed by atoms with E-state index in [-0.39, 0.29) is 11.9 Å². The molecule has 1 heterocycles. The number of carbonyl (C=O) groups is 1. The van der Waals surface area contributed by atoms with Crippen molar-refractivity contribution in [2.45, 2.75) is 45.4 Å². The van der Waals surface area contributed by atoms with Crippen LogP contribution in [0.2, 0.25) is 0 Å². The van der Waals surface area contributed by atoms with Crippen LogP contribution in [0.15, 0.2) is 24.3 Å². The second-order valence-electron chi connectivity index (χ2n) is 5.77. The molecule has 0 aromatic heterocycles. The van der Waals surface area contributed by atoms with Gasteiger partial charge in [0, 0.05) is 30.5 Å². The van der Waals surface area contributed by atoms with Crippen molar-refractivity contribution in [2.24, 2.45) is 0 Å². The van der Waals surface area contributed by atoms with E-state index in [4.69, 9.17) is 0 Å². The van der Waals surface area contributed by atoms with E-state index in [0.717, 1.165) is 17.9 Å². The molecule has 1 aromatic carbocycles. The molecule has 1 saturated heterocycles. The fraction of sp³-hybridized carbons (Fsp3) is 0.562. The fourth-order valence-electron chi connectivity index (χ4n) is 2.73. The van der Waals surface area contributed by atoms with Gasteiger partial charge >= 0.3 is 0 Å². The van der Waals surface area contributed by atoms with E-state index >= 15 is 0 Å². The highest BCUT2D eigenvalue weighted by atomic mass is 16.3. The summed E-state index contributed by atoms with van der Waals surface area (Å²) < 4.78 is 0. The fourth-order valence-corrected chi connectivity index (χ4v) is 2.73. The number of carbonyl (C=O) groups excluding carboxylic acids is 1. The molecule has 2 rings (SSSR count). The summed E-state index contributed by atoms with van der Waals surface area (Å²) in [6.07, 6.45) is 0.0493. The largest absolute Gasteiger partial charge is 0.392 e. The minimum Gasteiger partial charge on any atom is -0.392 e. The summed E-state index contributed by atoms with van der Waals surface area (Å²) in [6, 6.07) is 8.03. The molecule has 0 spiro atoms. The van der Waals surface area contributed by atoms with E-state index in [0.29, 0.717) is 19.0 Å². The molecule has 1 aromatic rings. The van der Waals surface area contributed by atoms with Gasteiger partial charge in [0.1, 0.15) is 0 Å². The van der Waals surface area contributed by atoms with E-state index in [1.165, 1.54) is 0 Å². The average Bonchev–Trinajstić information content (AvgIpc) is 2.88. The molecule has 0 bridgehead atoms. The van der Waals surface area contributed by atoms with Gasteiger partial charge < -0.3 is 20.6 Å². The van der Waals surface area contributed by atoms with Crippen LogP contribution in [0.25, 0.3) is 0 Å². The first-order chi connectivity index (χ1) is 10.0. The van der Waals surface area contributed by atoms with Gasteiger partial charge in [-0.1, -0.05) is 0 Å². The lowest BCUT2D eigenvalue weighted by molar-refractivity contribution is -0.117. The third-order valence-electron chi connectivity index (χ3n) is 3.85. The molecule has 1 aliphatic heterocycles. The second kappa shape index (κ2) is 6.91. The molecular formula is C16H25N3O2. The van der Waals surface area contributed by atoms with Crippen LogP contribution in [0.4, 0.5) is 11.4 Å². The average molecular weight is 291 g/mol. The Morgan fingerprint density at radius 1 is 1.43 bits per heavy atom. The predicted octanol–water partition coefficient (Wildman–Crippen LogP) is 1.58. The summed E-state index contributed by atoms with van der Waals surface area (Å²) >= 11 is 0. The third kappa shape index (κ3) is 3.95. The van der Waals surface area contributed by atoms with Crippen molar-refractivity contribution in [1.29, 1.82) is 0 Å². The lowest BCUT2D eigenvalue weighted by Crippen LogP contribution is -2.35. The molecule has 0 saturated carbocycles. The molecule has 116 valence electrons. The number of nitrogens with one attached hydrogen (secondary N) is 2. The van der Waals surface area contributed by atoms with E-state index < -0.39 is 6.10 Å². The van der Waals surface area contributed by atoms with Gasteiger partial charge in [-0.05, 0) is 51.5 Å². The van der Waals surface area contributed by atoms with E-state index in [9.17, 15) is 9.90 Å². The first kappa shape index (κ1) is 15.8. The first-order valence-corrected chi connectivity index (χ1v) is 7.60. The molecule has 1 amide bonds. The topological polar surface area (TPSA) is 64.6 Å². The molecule has 21 heavy (non-hydrogen) atoms. The number of aliphatic hydroxyl groups is 1. The van der Waals surface area contributed by atoms with Gasteiger partial charge in [-0.2, -0.15) is 0 Å². The van der Waals surface area contributed by atoms with Crippen LogP contribution < -0.4 is 15.5 Å². The highest BCUT2D eigenvalue weighted by molar-refractivity contribution is 5.95. The maximum Gasteiger partial charge on any atom is 0.241 e. The van der Waals surface area contributed by atoms with Gasteiger partial charge in [0.05, 0.1) is 12.1 Å². The summed E-state index contributed by atoms with van der Waals surface area (Å²) in [6.45, 7) is 7.89. The number of hydrogen-bond donors (Lipinski definition) is 3. The van der Waals surface area contributed by atoms with Gasteiger partial charge in [0.2, 0.25) is 5.91 Å². The zero-order chi connectivity index (χ0) is 15.4. The minimum atomic E-state index is -0.424. The highest BCUT2D eigenvalue weighted by Crippen LogP contribution is 2.20. The van der Waals surface area contributed by atoms with Crippen molar-refractivity contribution < 1.29 is 9.90 Å². The molecule has 0 aliphatic carbocycles. The first-order valence-electron chi connectivity index (χ1n) is 7.60. The molecule has 2 atom stereocenters. The number of benzene rings is 1. The van der Waals surface area contributed by atoms with Gasteiger partial charge in [0.25, 0.3) is 0 Å². The molecule has 1 aliphatic rings. The normalized spacial score (nSPS) is 21.6. The van der Waals surface area contributed by atoms with Crippen LogP contribution in [0.1, 0.15) is 27.2 Å². The Balaban J connectivity index is 1.97. The summed E-state index contributed by atoms with van der Waals surface area (Å²) in [5.41, 5.74) is 1.94. The summed E-state index contributed by atoms with van der Waals surface area (Å²) in [5.74, 6) is -0.0875. The predicted molar refractivity (Wildman–Crippen MR) is 85.6 cm³/mol. The number of hydrogen-bond acceptors (Lipinski definition) is 4. The molecule has 5 nitrogen and oxygen atoms in total. The Morgan fingerprint density at radius 2 is 2.10 bits per heavy atom. The molecule has 1 fully saturated rings. The highest BCUT2D eigenvalue weighted by Gasteiger charge is 2.27. The van der Waals surface area contributed by atoms with Crippen molar-refractivity contribution in [1.82, 2.24) is 5.32 Å². The Bertz CT molecular complexity index is 473. The SMILES string of the molecule is CCN(c1ccc(NC(=O)C2CC(O)CN2)cc1)C(C)C. The lowest BCUT2D eigenvalue weighted by atomic mass is 10.2. The number of β-amino-alcohol motifs (C(OH)–C–C–N with tert-alkyl or cyclic N) is 1. The van der Waals surface area contributed by atoms with Crippen LogP contribution in [0.5, 0.6) is 0 Å². The van der Waals surface area contributed by atoms with Crippen molar-refractivity contribution in [2.75, 3.05) is 23.3 Å². The van der Waals surface area contributed by atoms with Crippen molar-refractivity contribution in [3.8, 4) is 0 Å². The van der Waals surface area contributed by atoms with Gasteiger partial charge in [-0.15, -0.1) is 0 Å². The number of amides is 1. The Hall–Kier alpha value is -1.59. The van der Waals surface area contributed by atoms with E-state index in [1.807, 2.05) is 24.3 Å². The van der Waals surface area contributed by atoms with Crippen LogP contribution in [-0.4, -0.2) is 42.3 Å². The number of rotatable bonds is 5. The second-order valence-corrected chi connectivity index (χ2v) is 5.77. The lowest BCUT2D eigenvalue weighted by Gasteiger charge is -2.27. The number of nitrogens with zero attached hydrogens (tertiary/aromatic N) is 1. The molecule has 5 heteroatoms. The molecule has 3 N–H and O–H groups in total. The standard InChI is InChI=1S/C16H25N3O2/c1-4-19(11(2)3)13-7-5-12(6-8-13)18-16(21)15-9-14(20)10-17-15/h5-8,11,14-15,17,20H,4,9-10H2,1-3H3,(H,18,21). The van der Waals surface area contributed by atoms with Crippen molar-refractivity contribution >= 4 is 17.3 Å². The van der Waals surface area contributed by atoms with E-state index in [2.05, 4.69) is 36.3 Å². The van der Waals surface area contributed by atoms with E-state index in [1.54, 1.807) is 0 Å². The smallest absolute Gasteiger partial charge is 0.241 e. The van der Waals surface area contributed by atoms with Crippen molar-refractivity contribution in [3.63, 3.8) is 0 Å². The Morgan fingerprint density at radius 3 is 2.57 bits per heavy atom. The molecule has 0 radical (unpaired) electrons. The summed E-state index contributed by atoms with van der Waals surface area (Å²) in [7, 11) is 0. The quantitative estimate of drug-likeness (QED) is 0.771. The minimum absolute atomic E-state index is 0.0875. The number of aliphatic hydroxyl groups excluding tert-OH is 1. The maximum atomic E-state index is 12.0. The zero-order valence-corrected chi connectivity index (χ0v) is 13.0. The maximum absolute atomic E-state index is 12.0. The van der Waals surface area contributed by atoms with Crippen LogP contribution in [-0.2, 0) is 4.79 Å². The van der Waals surface area contributed by atoms with Gasteiger partial charge in [-0.25, -0.2) is 0 Å². The third-order valence-corrected chi connectivity index (χ3v) is 3.85. The zero-order valence-electron chi connectivity index (χ0n) is 13.0. The molecule has 2 unspecified atom stereocenters. The summed E-state index contributed by atoms with van der Waals surface area (Å²) in [5, 5.41) is 15.3. The van der Waals surface area contributed by atoms with Crippen LogP contribution >= 0.6 is 0 Å². The summed E-state index contributed by atoms with van der Waals surface area (Å²) in [4.78, 5) is 14.3. The Kier molecular flexibility index (Phi) is 5.20. The Labute approximate surface area is 126 Å². The van der Waals surface area contributed by atoms with Gasteiger partial charge in [0.15, 0.2) is 0 Å². The van der Waals surface area contributed by atoms with Crippen LogP contribution in [0.3, 0.4) is 0 Å². The number of anilines is 2.